The molecule has 1 aliphatic rings. The van der Waals surface area contributed by atoms with Gasteiger partial charge < -0.3 is 25.4 Å². The van der Waals surface area contributed by atoms with Crippen LogP contribution in [-0.4, -0.2) is 65.5 Å². The summed E-state index contributed by atoms with van der Waals surface area (Å²) in [5.41, 5.74) is 1.18. The first-order valence-electron chi connectivity index (χ1n) is 11.1. The van der Waals surface area contributed by atoms with E-state index in [1.807, 2.05) is 30.3 Å². The molecular weight excluding hydrogens is 438 g/mol. The molecule has 2 aromatic rings. The summed E-state index contributed by atoms with van der Waals surface area (Å²) in [6.45, 7) is 1.67. The summed E-state index contributed by atoms with van der Waals surface area (Å²) in [6, 6.07) is 13.7. The largest absolute Gasteiger partial charge is 0.491 e. The zero-order chi connectivity index (χ0) is 24.7. The minimum atomic E-state index is -1.27. The van der Waals surface area contributed by atoms with Crippen molar-refractivity contribution in [2.45, 2.75) is 44.3 Å². The third-order valence-corrected chi connectivity index (χ3v) is 5.78. The lowest BCUT2D eigenvalue weighted by atomic mass is 10.0. The maximum atomic E-state index is 13.1. The number of hydrogen-bond donors (Lipinski definition) is 3. The SMILES string of the molecule is C[C@@H]1NC(=O)CC[C@@H](C(=O)O)NC(=O)c2ccccc2OC[C@@H](Cc2ccccc2)N(C)C1=O. The summed E-state index contributed by atoms with van der Waals surface area (Å²) in [5, 5.41) is 14.6. The van der Waals surface area contributed by atoms with Gasteiger partial charge in [0.15, 0.2) is 0 Å². The van der Waals surface area contributed by atoms with Gasteiger partial charge in [-0.25, -0.2) is 4.79 Å². The lowest BCUT2D eigenvalue weighted by Gasteiger charge is -2.31. The molecular formula is C25H29N3O6. The standard InChI is InChI=1S/C25H29N3O6/c1-16-24(31)28(2)18(14-17-8-4-3-5-9-17)15-34-21-11-7-6-10-19(21)23(30)27-20(25(32)33)12-13-22(29)26-16/h3-11,16,18,20H,12-15H2,1-2H3,(H,26,29)(H,27,30)(H,32,33)/t16-,18+,20-/m0/s1. The van der Waals surface area contributed by atoms with E-state index in [9.17, 15) is 24.3 Å². The van der Waals surface area contributed by atoms with Gasteiger partial charge >= 0.3 is 5.97 Å². The van der Waals surface area contributed by atoms with E-state index < -0.39 is 29.9 Å². The number of carboxylic acids is 1. The third-order valence-electron chi connectivity index (χ3n) is 5.78. The monoisotopic (exact) mass is 467 g/mol. The molecule has 2 aromatic carbocycles. The van der Waals surface area contributed by atoms with Gasteiger partial charge in [-0.2, -0.15) is 0 Å². The highest BCUT2D eigenvalue weighted by molar-refractivity contribution is 5.99. The molecule has 0 aromatic heterocycles. The molecule has 9 heteroatoms. The quantitative estimate of drug-likeness (QED) is 0.630. The van der Waals surface area contributed by atoms with Gasteiger partial charge in [0.1, 0.15) is 24.4 Å². The van der Waals surface area contributed by atoms with E-state index in [0.717, 1.165) is 5.56 Å². The van der Waals surface area contributed by atoms with E-state index in [4.69, 9.17) is 4.74 Å². The van der Waals surface area contributed by atoms with Crippen LogP contribution < -0.4 is 15.4 Å². The van der Waals surface area contributed by atoms with Gasteiger partial charge in [0, 0.05) is 13.5 Å². The highest BCUT2D eigenvalue weighted by atomic mass is 16.5. The molecule has 0 radical (unpaired) electrons. The summed E-state index contributed by atoms with van der Waals surface area (Å²) < 4.78 is 6.00. The summed E-state index contributed by atoms with van der Waals surface area (Å²) in [5.74, 6) is -2.36. The number of para-hydroxylation sites is 1. The average Bonchev–Trinajstić information content (AvgIpc) is 2.83. The van der Waals surface area contributed by atoms with Gasteiger partial charge in [-0.15, -0.1) is 0 Å². The van der Waals surface area contributed by atoms with Crippen molar-refractivity contribution in [1.29, 1.82) is 0 Å². The highest BCUT2D eigenvalue weighted by Gasteiger charge is 2.29. The second kappa shape index (κ2) is 11.3. The number of carbonyl (C=O) groups excluding carboxylic acids is 3. The van der Waals surface area contributed by atoms with Gasteiger partial charge in [-0.3, -0.25) is 14.4 Å². The number of nitrogens with one attached hydrogen (secondary N) is 2. The number of aliphatic carboxylic acids is 1. The molecule has 0 aliphatic carbocycles. The number of amides is 3. The number of likely N-dealkylation sites (N-methyl/N-ethyl adjacent to an activating group) is 1. The Labute approximate surface area is 198 Å². The number of nitrogens with zero attached hydrogens (tertiary/aromatic N) is 1. The van der Waals surface area contributed by atoms with Crippen LogP contribution >= 0.6 is 0 Å². The predicted octanol–water partition coefficient (Wildman–Crippen LogP) is 1.62. The fourth-order valence-electron chi connectivity index (χ4n) is 3.79. The van der Waals surface area contributed by atoms with Crippen molar-refractivity contribution in [3.63, 3.8) is 0 Å². The van der Waals surface area contributed by atoms with Crippen molar-refractivity contribution in [2.24, 2.45) is 0 Å². The molecule has 34 heavy (non-hydrogen) atoms. The Morgan fingerprint density at radius 1 is 1.06 bits per heavy atom. The lowest BCUT2D eigenvalue weighted by molar-refractivity contribution is -0.140. The normalized spacial score (nSPS) is 22.4. The molecule has 180 valence electrons. The molecule has 3 N–H and O–H groups in total. The summed E-state index contributed by atoms with van der Waals surface area (Å²) in [6.07, 6.45) is 0.215. The van der Waals surface area contributed by atoms with Crippen LogP contribution in [0.3, 0.4) is 0 Å². The zero-order valence-electron chi connectivity index (χ0n) is 19.2. The first kappa shape index (κ1) is 24.8. The molecule has 3 atom stereocenters. The van der Waals surface area contributed by atoms with E-state index in [2.05, 4.69) is 10.6 Å². The third kappa shape index (κ3) is 6.34. The number of benzene rings is 2. The second-order valence-electron chi connectivity index (χ2n) is 8.29. The van der Waals surface area contributed by atoms with Gasteiger partial charge in [0.05, 0.1) is 11.6 Å². The number of ether oxygens (including phenoxy) is 1. The van der Waals surface area contributed by atoms with Gasteiger partial charge in [0.2, 0.25) is 11.8 Å². The van der Waals surface area contributed by atoms with Crippen LogP contribution in [0, 0.1) is 0 Å². The first-order valence-corrected chi connectivity index (χ1v) is 11.1. The Balaban J connectivity index is 1.94. The number of hydrogen-bond acceptors (Lipinski definition) is 5. The van der Waals surface area contributed by atoms with Crippen molar-refractivity contribution in [3.05, 3.63) is 65.7 Å². The van der Waals surface area contributed by atoms with E-state index in [-0.39, 0.29) is 42.7 Å². The highest BCUT2D eigenvalue weighted by Crippen LogP contribution is 2.20. The van der Waals surface area contributed by atoms with Crippen LogP contribution in [0.1, 0.15) is 35.7 Å². The van der Waals surface area contributed by atoms with Crippen LogP contribution in [0.4, 0.5) is 0 Å². The van der Waals surface area contributed by atoms with Crippen molar-refractivity contribution in [2.75, 3.05) is 13.7 Å². The molecule has 0 bridgehead atoms. The molecule has 0 saturated carbocycles. The minimum Gasteiger partial charge on any atom is -0.491 e. The Morgan fingerprint density at radius 2 is 1.74 bits per heavy atom. The molecule has 3 amide bonds. The molecule has 0 unspecified atom stereocenters. The molecule has 9 nitrogen and oxygen atoms in total. The topological polar surface area (TPSA) is 125 Å². The van der Waals surface area contributed by atoms with Gasteiger partial charge in [0.25, 0.3) is 5.91 Å². The molecule has 3 rings (SSSR count). The Kier molecular flexibility index (Phi) is 8.24. The fraction of sp³-hybridized carbons (Fsp3) is 0.360. The molecule has 0 spiro atoms. The Hall–Kier alpha value is -3.88. The number of carbonyl (C=O) groups is 4. The molecule has 1 aliphatic heterocycles. The Bertz CT molecular complexity index is 1040. The molecule has 0 saturated heterocycles. The van der Waals surface area contributed by atoms with E-state index >= 15 is 0 Å². The number of rotatable bonds is 3. The van der Waals surface area contributed by atoms with Crippen LogP contribution in [0.5, 0.6) is 5.75 Å². The maximum absolute atomic E-state index is 13.1. The molecule has 1 heterocycles. The first-order chi connectivity index (χ1) is 16.3. The zero-order valence-corrected chi connectivity index (χ0v) is 19.2. The van der Waals surface area contributed by atoms with Crippen molar-refractivity contribution < 1.29 is 29.0 Å². The molecule has 0 fully saturated rings. The van der Waals surface area contributed by atoms with Crippen molar-refractivity contribution in [3.8, 4) is 5.75 Å². The summed E-state index contributed by atoms with van der Waals surface area (Å²) in [7, 11) is 1.65. The number of fused-ring (bicyclic) bond motifs is 1. The van der Waals surface area contributed by atoms with E-state index in [1.54, 1.807) is 37.1 Å². The minimum absolute atomic E-state index is 0.0878. The van der Waals surface area contributed by atoms with Crippen LogP contribution in [-0.2, 0) is 20.8 Å². The fourth-order valence-corrected chi connectivity index (χ4v) is 3.79. The summed E-state index contributed by atoms with van der Waals surface area (Å²) in [4.78, 5) is 51.5. The number of carboxylic acid groups (broad SMARTS) is 1. The van der Waals surface area contributed by atoms with Crippen molar-refractivity contribution in [1.82, 2.24) is 15.5 Å². The Morgan fingerprint density at radius 3 is 2.44 bits per heavy atom. The van der Waals surface area contributed by atoms with Gasteiger partial charge in [-0.1, -0.05) is 42.5 Å². The van der Waals surface area contributed by atoms with Crippen LogP contribution in [0.25, 0.3) is 0 Å². The average molecular weight is 468 g/mol. The van der Waals surface area contributed by atoms with Gasteiger partial charge in [-0.05, 0) is 37.5 Å². The maximum Gasteiger partial charge on any atom is 0.326 e. The smallest absolute Gasteiger partial charge is 0.326 e. The van der Waals surface area contributed by atoms with Crippen LogP contribution in [0.2, 0.25) is 0 Å². The second-order valence-corrected chi connectivity index (χ2v) is 8.29. The summed E-state index contributed by atoms with van der Waals surface area (Å²) >= 11 is 0. The predicted molar refractivity (Wildman–Crippen MR) is 124 cm³/mol. The van der Waals surface area contributed by atoms with Crippen LogP contribution in [0.15, 0.2) is 54.6 Å². The lowest BCUT2D eigenvalue weighted by Crippen LogP contribution is -2.51. The van der Waals surface area contributed by atoms with E-state index in [1.165, 1.54) is 6.07 Å². The van der Waals surface area contributed by atoms with Crippen molar-refractivity contribution >= 4 is 23.7 Å². The van der Waals surface area contributed by atoms with E-state index in [0.29, 0.717) is 6.42 Å².